The third-order valence-corrected chi connectivity index (χ3v) is 2.63. The van der Waals surface area contributed by atoms with Crippen LogP contribution in [0.1, 0.15) is 13.8 Å². The Bertz CT molecular complexity index is 542. The van der Waals surface area contributed by atoms with Gasteiger partial charge in [-0.3, -0.25) is 0 Å². The van der Waals surface area contributed by atoms with Gasteiger partial charge in [-0.2, -0.15) is 0 Å². The molecule has 0 atom stereocenters. The Hall–Kier alpha value is -2.22. The maximum absolute atomic E-state index is 5.79. The lowest BCUT2D eigenvalue weighted by Gasteiger charge is -2.08. The summed E-state index contributed by atoms with van der Waals surface area (Å²) in [4.78, 5) is 0. The van der Waals surface area contributed by atoms with Gasteiger partial charge >= 0.3 is 0 Å². The molecule has 0 bridgehead atoms. The molecule has 0 radical (unpaired) electrons. The summed E-state index contributed by atoms with van der Waals surface area (Å²) in [5.41, 5.74) is 2.37. The predicted molar refractivity (Wildman–Crippen MR) is 80.9 cm³/mol. The van der Waals surface area contributed by atoms with Gasteiger partial charge in [-0.15, -0.1) is 0 Å². The summed E-state index contributed by atoms with van der Waals surface area (Å²) in [5, 5.41) is 3.35. The lowest BCUT2D eigenvalue weighted by Crippen LogP contribution is -1.98. The number of rotatable bonds is 5. The summed E-state index contributed by atoms with van der Waals surface area (Å²) in [5.74, 6) is 1.69. The minimum absolute atomic E-state index is 0.830. The Labute approximate surface area is 114 Å². The molecule has 0 heterocycles. The fourth-order valence-electron chi connectivity index (χ4n) is 1.67. The predicted octanol–water partition coefficient (Wildman–Crippen LogP) is 4.86. The van der Waals surface area contributed by atoms with Crippen LogP contribution in [0, 0.1) is 0 Å². The van der Waals surface area contributed by atoms with Crippen LogP contribution in [0.15, 0.2) is 66.2 Å². The number of nitrogens with one attached hydrogen (secondary N) is 1. The van der Waals surface area contributed by atoms with Crippen molar-refractivity contribution in [2.45, 2.75) is 13.8 Å². The first-order valence-electron chi connectivity index (χ1n) is 6.44. The van der Waals surface area contributed by atoms with Gasteiger partial charge in [0.15, 0.2) is 0 Å². The van der Waals surface area contributed by atoms with E-state index in [9.17, 15) is 0 Å². The van der Waals surface area contributed by atoms with Crippen molar-refractivity contribution in [3.63, 3.8) is 0 Å². The van der Waals surface area contributed by atoms with Crippen LogP contribution in [0.5, 0.6) is 11.5 Å². The second-order valence-corrected chi connectivity index (χ2v) is 4.61. The van der Waals surface area contributed by atoms with Gasteiger partial charge in [0.1, 0.15) is 11.5 Å². The first-order chi connectivity index (χ1) is 9.24. The van der Waals surface area contributed by atoms with Gasteiger partial charge in [-0.1, -0.05) is 35.9 Å². The largest absolute Gasteiger partial charge is 0.457 e. The van der Waals surface area contributed by atoms with Crippen LogP contribution in [0.25, 0.3) is 0 Å². The Kier molecular flexibility index (Phi) is 4.62. The molecule has 0 amide bonds. The molecule has 2 nitrogen and oxygen atoms in total. The van der Waals surface area contributed by atoms with Gasteiger partial charge in [-0.25, -0.2) is 0 Å². The fraction of sp³-hybridized carbons (Fsp3) is 0.176. The van der Waals surface area contributed by atoms with Gasteiger partial charge in [-0.05, 0) is 38.1 Å². The summed E-state index contributed by atoms with van der Waals surface area (Å²) in [6, 6.07) is 17.8. The number of benzene rings is 2. The first kappa shape index (κ1) is 13.2. The minimum atomic E-state index is 0.830. The molecule has 0 saturated carbocycles. The van der Waals surface area contributed by atoms with E-state index in [4.69, 9.17) is 4.74 Å². The number of anilines is 1. The number of allylic oxidation sites excluding steroid dienone is 1. The Morgan fingerprint density at radius 1 is 1.00 bits per heavy atom. The molecular formula is C17H19NO. The molecule has 2 rings (SSSR count). The zero-order valence-electron chi connectivity index (χ0n) is 11.4. The van der Waals surface area contributed by atoms with Gasteiger partial charge < -0.3 is 10.1 Å². The van der Waals surface area contributed by atoms with E-state index in [0.717, 1.165) is 23.7 Å². The van der Waals surface area contributed by atoms with E-state index >= 15 is 0 Å². The van der Waals surface area contributed by atoms with Gasteiger partial charge in [0, 0.05) is 18.3 Å². The highest BCUT2D eigenvalue weighted by atomic mass is 16.5. The Balaban J connectivity index is 2.01. The molecule has 1 N–H and O–H groups in total. The molecule has 2 aromatic carbocycles. The van der Waals surface area contributed by atoms with E-state index in [-0.39, 0.29) is 0 Å². The van der Waals surface area contributed by atoms with E-state index in [1.807, 2.05) is 54.6 Å². The zero-order valence-corrected chi connectivity index (χ0v) is 11.4. The highest BCUT2D eigenvalue weighted by molar-refractivity contribution is 5.49. The van der Waals surface area contributed by atoms with Crippen LogP contribution in [-0.4, -0.2) is 6.54 Å². The minimum Gasteiger partial charge on any atom is -0.457 e. The summed E-state index contributed by atoms with van der Waals surface area (Å²) < 4.78 is 5.79. The number of hydrogen-bond donors (Lipinski definition) is 1. The average molecular weight is 253 g/mol. The lowest BCUT2D eigenvalue weighted by molar-refractivity contribution is 0.483. The van der Waals surface area contributed by atoms with Gasteiger partial charge in [0.2, 0.25) is 0 Å². The van der Waals surface area contributed by atoms with Gasteiger partial charge in [0.05, 0.1) is 0 Å². The maximum atomic E-state index is 5.79. The SMILES string of the molecule is CC(C)=CCNc1cccc(Oc2ccccc2)c1. The first-order valence-corrected chi connectivity index (χ1v) is 6.44. The van der Waals surface area contributed by atoms with E-state index in [2.05, 4.69) is 25.2 Å². The molecule has 0 aromatic heterocycles. The normalized spacial score (nSPS) is 9.79. The smallest absolute Gasteiger partial charge is 0.129 e. The van der Waals surface area contributed by atoms with Crippen molar-refractivity contribution < 1.29 is 4.74 Å². The van der Waals surface area contributed by atoms with Crippen LogP contribution in [0.4, 0.5) is 5.69 Å². The van der Waals surface area contributed by atoms with Crippen molar-refractivity contribution >= 4 is 5.69 Å². The summed E-state index contributed by atoms with van der Waals surface area (Å²) in [6.45, 7) is 5.02. The highest BCUT2D eigenvalue weighted by Gasteiger charge is 1.97. The van der Waals surface area contributed by atoms with Crippen molar-refractivity contribution in [3.8, 4) is 11.5 Å². The quantitative estimate of drug-likeness (QED) is 0.768. The topological polar surface area (TPSA) is 21.3 Å². The molecule has 2 aromatic rings. The second-order valence-electron chi connectivity index (χ2n) is 4.61. The molecule has 0 aliphatic heterocycles. The molecule has 19 heavy (non-hydrogen) atoms. The second kappa shape index (κ2) is 6.64. The maximum Gasteiger partial charge on any atom is 0.129 e. The van der Waals surface area contributed by atoms with Crippen molar-refractivity contribution in [1.82, 2.24) is 0 Å². The molecule has 0 aliphatic carbocycles. The zero-order chi connectivity index (χ0) is 13.5. The molecule has 0 saturated heterocycles. The molecule has 2 heteroatoms. The number of para-hydroxylation sites is 1. The third-order valence-electron chi connectivity index (χ3n) is 2.63. The monoisotopic (exact) mass is 253 g/mol. The summed E-state index contributed by atoms with van der Waals surface area (Å²) in [7, 11) is 0. The molecule has 0 unspecified atom stereocenters. The lowest BCUT2D eigenvalue weighted by atomic mass is 10.2. The molecule has 0 aliphatic rings. The summed E-state index contributed by atoms with van der Waals surface area (Å²) in [6.07, 6.45) is 2.16. The van der Waals surface area contributed by atoms with Crippen molar-refractivity contribution in [3.05, 3.63) is 66.2 Å². The van der Waals surface area contributed by atoms with Gasteiger partial charge in [0.25, 0.3) is 0 Å². The van der Waals surface area contributed by atoms with E-state index in [0.29, 0.717) is 0 Å². The van der Waals surface area contributed by atoms with Crippen molar-refractivity contribution in [2.24, 2.45) is 0 Å². The standard InChI is InChI=1S/C17H19NO/c1-14(2)11-12-18-15-7-6-10-17(13-15)19-16-8-4-3-5-9-16/h3-11,13,18H,12H2,1-2H3. The third kappa shape index (κ3) is 4.51. The molecular weight excluding hydrogens is 234 g/mol. The van der Waals surface area contributed by atoms with Crippen LogP contribution in [0.3, 0.4) is 0 Å². The number of ether oxygens (including phenoxy) is 1. The Morgan fingerprint density at radius 3 is 2.47 bits per heavy atom. The number of hydrogen-bond acceptors (Lipinski definition) is 2. The Morgan fingerprint density at radius 2 is 1.74 bits per heavy atom. The van der Waals surface area contributed by atoms with Crippen molar-refractivity contribution in [2.75, 3.05) is 11.9 Å². The van der Waals surface area contributed by atoms with E-state index in [1.165, 1.54) is 5.57 Å². The highest BCUT2D eigenvalue weighted by Crippen LogP contribution is 2.23. The molecule has 0 fully saturated rings. The summed E-state index contributed by atoms with van der Waals surface area (Å²) >= 11 is 0. The van der Waals surface area contributed by atoms with E-state index in [1.54, 1.807) is 0 Å². The molecule has 98 valence electrons. The van der Waals surface area contributed by atoms with E-state index < -0.39 is 0 Å². The fourth-order valence-corrected chi connectivity index (χ4v) is 1.67. The van der Waals surface area contributed by atoms with Crippen LogP contribution in [0.2, 0.25) is 0 Å². The van der Waals surface area contributed by atoms with Crippen LogP contribution >= 0.6 is 0 Å². The molecule has 0 spiro atoms. The van der Waals surface area contributed by atoms with Crippen LogP contribution < -0.4 is 10.1 Å². The van der Waals surface area contributed by atoms with Crippen LogP contribution in [-0.2, 0) is 0 Å². The average Bonchev–Trinajstić information content (AvgIpc) is 2.40. The van der Waals surface area contributed by atoms with Crippen molar-refractivity contribution in [1.29, 1.82) is 0 Å².